The predicted molar refractivity (Wildman–Crippen MR) is 132 cm³/mol. The van der Waals surface area contributed by atoms with E-state index in [4.69, 9.17) is 23.2 Å². The van der Waals surface area contributed by atoms with Crippen molar-refractivity contribution >= 4 is 56.7 Å². The second-order valence-corrected chi connectivity index (χ2v) is 9.78. The van der Waals surface area contributed by atoms with Crippen molar-refractivity contribution in [1.82, 2.24) is 5.43 Å². The van der Waals surface area contributed by atoms with Crippen LogP contribution < -0.4 is 9.73 Å². The van der Waals surface area contributed by atoms with Gasteiger partial charge in [0.05, 0.1) is 39.7 Å². The van der Waals surface area contributed by atoms with E-state index in [1.165, 1.54) is 36.5 Å². The maximum absolute atomic E-state index is 12.4. The van der Waals surface area contributed by atoms with Crippen LogP contribution in [0.25, 0.3) is 0 Å². The minimum atomic E-state index is -3.68. The van der Waals surface area contributed by atoms with Gasteiger partial charge in [-0.15, -0.1) is 0 Å². The van der Waals surface area contributed by atoms with Crippen LogP contribution in [0, 0.1) is 10.1 Å². The first-order chi connectivity index (χ1) is 16.1. The molecule has 0 atom stereocenters. The minimum absolute atomic E-state index is 0.0221. The first kappa shape index (κ1) is 25.2. The number of hydrazone groups is 1. The molecule has 0 heterocycles. The van der Waals surface area contributed by atoms with E-state index >= 15 is 0 Å². The Balaban J connectivity index is 1.71. The fourth-order valence-electron chi connectivity index (χ4n) is 2.94. The van der Waals surface area contributed by atoms with Crippen molar-refractivity contribution in [2.45, 2.75) is 6.54 Å². The number of hydrogen-bond donors (Lipinski definition) is 1. The molecule has 1 N–H and O–H groups in total. The molecule has 0 saturated heterocycles. The number of benzene rings is 3. The molecule has 3 rings (SSSR count). The number of carbonyl (C=O) groups excluding carboxylic acids is 1. The molecule has 176 valence electrons. The highest BCUT2D eigenvalue weighted by atomic mass is 35.5. The van der Waals surface area contributed by atoms with Gasteiger partial charge in [-0.1, -0.05) is 53.5 Å². The Kier molecular flexibility index (Phi) is 7.87. The van der Waals surface area contributed by atoms with Gasteiger partial charge >= 0.3 is 0 Å². The molecule has 9 nitrogen and oxygen atoms in total. The summed E-state index contributed by atoms with van der Waals surface area (Å²) in [4.78, 5) is 22.6. The van der Waals surface area contributed by atoms with E-state index in [1.54, 1.807) is 36.4 Å². The number of nitro benzene ring substituents is 1. The summed E-state index contributed by atoms with van der Waals surface area (Å²) in [5, 5.41) is 15.0. The van der Waals surface area contributed by atoms with Crippen LogP contribution in [0.3, 0.4) is 0 Å². The number of nitrogens with zero attached hydrogens (tertiary/aromatic N) is 3. The summed E-state index contributed by atoms with van der Waals surface area (Å²) in [5.74, 6) is -0.508. The Hall–Kier alpha value is -3.47. The molecule has 0 bridgehead atoms. The molecular formula is C22H18Cl2N4O5S. The standard InChI is InChI=1S/C22H18Cl2N4O5S/c1-34(32,33)27(20-7-3-6-19(23)21(20)24)14-15-8-10-17(11-9-15)22(29)26-25-13-16-4-2-5-18(12-16)28(30)31/h2-13H,14H2,1H3,(H,26,29)/b25-13-. The van der Waals surface area contributed by atoms with Crippen molar-refractivity contribution in [3.8, 4) is 0 Å². The highest BCUT2D eigenvalue weighted by Gasteiger charge is 2.21. The topological polar surface area (TPSA) is 122 Å². The van der Waals surface area contributed by atoms with E-state index in [0.717, 1.165) is 10.6 Å². The second kappa shape index (κ2) is 10.6. The van der Waals surface area contributed by atoms with Crippen molar-refractivity contribution in [3.63, 3.8) is 0 Å². The zero-order valence-electron chi connectivity index (χ0n) is 17.7. The summed E-state index contributed by atoms with van der Waals surface area (Å²) in [5.41, 5.74) is 3.84. The molecule has 0 aromatic heterocycles. The van der Waals surface area contributed by atoms with Crippen LogP contribution in [0.5, 0.6) is 0 Å². The average Bonchev–Trinajstić information content (AvgIpc) is 2.79. The van der Waals surface area contributed by atoms with Gasteiger partial charge in [-0.3, -0.25) is 19.2 Å². The number of carbonyl (C=O) groups is 1. The Morgan fingerprint density at radius 1 is 1.12 bits per heavy atom. The van der Waals surface area contributed by atoms with E-state index in [2.05, 4.69) is 10.5 Å². The third-order valence-electron chi connectivity index (χ3n) is 4.60. The SMILES string of the molecule is CS(=O)(=O)N(Cc1ccc(C(=O)N/N=C\c2cccc([N+](=O)[O-])c2)cc1)c1cccc(Cl)c1Cl. The maximum Gasteiger partial charge on any atom is 0.271 e. The van der Waals surface area contributed by atoms with Gasteiger partial charge < -0.3 is 0 Å². The summed E-state index contributed by atoms with van der Waals surface area (Å²) >= 11 is 12.2. The summed E-state index contributed by atoms with van der Waals surface area (Å²) in [7, 11) is -3.68. The fraction of sp³-hybridized carbons (Fsp3) is 0.0909. The van der Waals surface area contributed by atoms with Gasteiger partial charge in [0.1, 0.15) is 0 Å². The van der Waals surface area contributed by atoms with Gasteiger partial charge in [0.15, 0.2) is 0 Å². The van der Waals surface area contributed by atoms with Crippen LogP contribution in [-0.4, -0.2) is 31.7 Å². The largest absolute Gasteiger partial charge is 0.271 e. The van der Waals surface area contributed by atoms with Crippen LogP contribution >= 0.6 is 23.2 Å². The number of halogens is 2. The first-order valence-electron chi connectivity index (χ1n) is 9.65. The number of anilines is 1. The number of nitro groups is 1. The summed E-state index contributed by atoms with van der Waals surface area (Å²) in [6.45, 7) is -0.0221. The lowest BCUT2D eigenvalue weighted by molar-refractivity contribution is -0.384. The third kappa shape index (κ3) is 6.31. The fourth-order valence-corrected chi connectivity index (χ4v) is 4.28. The highest BCUT2D eigenvalue weighted by Crippen LogP contribution is 2.34. The third-order valence-corrected chi connectivity index (χ3v) is 6.54. The van der Waals surface area contributed by atoms with Crippen molar-refractivity contribution in [2.24, 2.45) is 5.10 Å². The molecule has 0 radical (unpaired) electrons. The smallest absolute Gasteiger partial charge is 0.267 e. The molecule has 3 aromatic rings. The molecule has 12 heteroatoms. The molecule has 0 fully saturated rings. The summed E-state index contributed by atoms with van der Waals surface area (Å²) < 4.78 is 25.9. The number of non-ortho nitro benzene ring substituents is 1. The molecule has 34 heavy (non-hydrogen) atoms. The molecule has 0 aliphatic carbocycles. The van der Waals surface area contributed by atoms with Gasteiger partial charge in [0, 0.05) is 23.3 Å². The predicted octanol–water partition coefficient (Wildman–Crippen LogP) is 4.63. The molecule has 0 unspecified atom stereocenters. The lowest BCUT2D eigenvalue weighted by atomic mass is 10.1. The monoisotopic (exact) mass is 520 g/mol. The Labute approximate surface area is 205 Å². The average molecular weight is 521 g/mol. The van der Waals surface area contributed by atoms with Crippen molar-refractivity contribution < 1.29 is 18.1 Å². The van der Waals surface area contributed by atoms with Crippen molar-refractivity contribution in [3.05, 3.63) is 104 Å². The second-order valence-electron chi connectivity index (χ2n) is 7.09. The lowest BCUT2D eigenvalue weighted by Crippen LogP contribution is -2.29. The van der Waals surface area contributed by atoms with E-state index in [-0.39, 0.29) is 33.5 Å². The van der Waals surface area contributed by atoms with E-state index in [9.17, 15) is 23.3 Å². The van der Waals surface area contributed by atoms with Crippen LogP contribution in [0.4, 0.5) is 11.4 Å². The zero-order chi connectivity index (χ0) is 24.9. The number of hydrogen-bond acceptors (Lipinski definition) is 6. The lowest BCUT2D eigenvalue weighted by Gasteiger charge is -2.24. The number of sulfonamides is 1. The van der Waals surface area contributed by atoms with Crippen LogP contribution in [0.1, 0.15) is 21.5 Å². The van der Waals surface area contributed by atoms with Crippen LogP contribution in [0.15, 0.2) is 71.8 Å². The van der Waals surface area contributed by atoms with Gasteiger partial charge in [0.2, 0.25) is 10.0 Å². The van der Waals surface area contributed by atoms with E-state index < -0.39 is 20.9 Å². The van der Waals surface area contributed by atoms with Crippen molar-refractivity contribution in [1.29, 1.82) is 0 Å². The summed E-state index contributed by atoms with van der Waals surface area (Å²) in [6.07, 6.45) is 2.35. The van der Waals surface area contributed by atoms with Crippen molar-refractivity contribution in [2.75, 3.05) is 10.6 Å². The maximum atomic E-state index is 12.4. The molecular weight excluding hydrogens is 503 g/mol. The van der Waals surface area contributed by atoms with Gasteiger partial charge in [-0.05, 0) is 29.8 Å². The van der Waals surface area contributed by atoms with E-state index in [0.29, 0.717) is 11.1 Å². The van der Waals surface area contributed by atoms with E-state index in [1.807, 2.05) is 0 Å². The molecule has 0 aliphatic rings. The molecule has 0 aliphatic heterocycles. The number of rotatable bonds is 8. The first-order valence-corrected chi connectivity index (χ1v) is 12.2. The number of amides is 1. The van der Waals surface area contributed by atoms with Gasteiger partial charge in [-0.2, -0.15) is 5.10 Å². The normalized spacial score (nSPS) is 11.4. The molecule has 3 aromatic carbocycles. The quantitative estimate of drug-likeness (QED) is 0.263. The van der Waals surface area contributed by atoms with Crippen LogP contribution in [-0.2, 0) is 16.6 Å². The highest BCUT2D eigenvalue weighted by molar-refractivity contribution is 7.92. The Bertz CT molecular complexity index is 1360. The van der Waals surface area contributed by atoms with Gasteiger partial charge in [-0.25, -0.2) is 13.8 Å². The Morgan fingerprint density at radius 2 is 1.79 bits per heavy atom. The molecule has 0 saturated carbocycles. The zero-order valence-corrected chi connectivity index (χ0v) is 20.0. The molecule has 1 amide bonds. The Morgan fingerprint density at radius 3 is 2.44 bits per heavy atom. The summed E-state index contributed by atoms with van der Waals surface area (Å²) in [6, 6.07) is 16.8. The molecule has 0 spiro atoms. The number of nitrogens with one attached hydrogen (secondary N) is 1. The van der Waals surface area contributed by atoms with Gasteiger partial charge in [0.25, 0.3) is 11.6 Å². The van der Waals surface area contributed by atoms with Crippen LogP contribution in [0.2, 0.25) is 10.0 Å². The minimum Gasteiger partial charge on any atom is -0.267 e.